The van der Waals surface area contributed by atoms with Gasteiger partial charge in [0, 0.05) is 12.1 Å². The van der Waals surface area contributed by atoms with Gasteiger partial charge in [-0.25, -0.2) is 9.97 Å². The Morgan fingerprint density at radius 1 is 1.33 bits per heavy atom. The second-order valence-electron chi connectivity index (χ2n) is 6.00. The van der Waals surface area contributed by atoms with Gasteiger partial charge in [0.2, 0.25) is 0 Å². The van der Waals surface area contributed by atoms with Gasteiger partial charge in [-0.15, -0.1) is 0 Å². The van der Waals surface area contributed by atoms with E-state index in [4.69, 9.17) is 10.00 Å². The number of aliphatic imine (C=N–C) groups is 1. The number of nitriles is 1. The summed E-state index contributed by atoms with van der Waals surface area (Å²) in [5.74, 6) is 1.40. The Bertz CT molecular complexity index is 836. The number of anilines is 2. The Morgan fingerprint density at radius 3 is 2.92 bits per heavy atom. The van der Waals surface area contributed by atoms with Gasteiger partial charge in [0.25, 0.3) is 0 Å². The predicted molar refractivity (Wildman–Crippen MR) is 93.3 cm³/mol. The van der Waals surface area contributed by atoms with Crippen LogP contribution in [0.2, 0.25) is 0 Å². The molecule has 0 amide bonds. The number of benzene rings is 1. The largest absolute Gasteiger partial charge is 0.489 e. The van der Waals surface area contributed by atoms with Gasteiger partial charge in [-0.3, -0.25) is 4.99 Å². The van der Waals surface area contributed by atoms with Gasteiger partial charge < -0.3 is 10.1 Å². The summed E-state index contributed by atoms with van der Waals surface area (Å²) in [5, 5.41) is 12.2. The molecule has 1 aromatic carbocycles. The lowest BCUT2D eigenvalue weighted by molar-refractivity contribution is 0.243. The molecule has 0 atom stereocenters. The summed E-state index contributed by atoms with van der Waals surface area (Å²) in [7, 11) is 0. The number of nitrogens with zero attached hydrogens (tertiary/aromatic N) is 4. The normalized spacial score (nSPS) is 12.5. The molecule has 2 aromatic rings. The fraction of sp³-hybridized carbons (Fsp3) is 0.333. The molecule has 3 rings (SSSR count). The highest BCUT2D eigenvalue weighted by Crippen LogP contribution is 2.36. The van der Waals surface area contributed by atoms with Crippen molar-refractivity contribution in [3.63, 3.8) is 0 Å². The number of ether oxygens (including phenoxy) is 1. The van der Waals surface area contributed by atoms with Crippen molar-refractivity contribution in [3.05, 3.63) is 35.8 Å². The van der Waals surface area contributed by atoms with E-state index in [1.54, 1.807) is 0 Å². The highest BCUT2D eigenvalue weighted by Gasteiger charge is 2.20. The van der Waals surface area contributed by atoms with Crippen molar-refractivity contribution < 1.29 is 4.74 Å². The van der Waals surface area contributed by atoms with Gasteiger partial charge in [0.15, 0.2) is 5.82 Å². The SMILES string of the molecule is Cc1ccc(Nc2ncnc3c2N=C(CC#N)C3)c(OC(C)C)c1. The van der Waals surface area contributed by atoms with E-state index in [2.05, 4.69) is 26.3 Å². The Morgan fingerprint density at radius 2 is 2.17 bits per heavy atom. The van der Waals surface area contributed by atoms with E-state index in [1.165, 1.54) is 6.33 Å². The summed E-state index contributed by atoms with van der Waals surface area (Å²) >= 11 is 0. The predicted octanol–water partition coefficient (Wildman–Crippen LogP) is 3.86. The van der Waals surface area contributed by atoms with Crippen molar-refractivity contribution in [3.8, 4) is 11.8 Å². The Labute approximate surface area is 141 Å². The topological polar surface area (TPSA) is 83.2 Å². The first-order valence-electron chi connectivity index (χ1n) is 7.88. The highest BCUT2D eigenvalue weighted by molar-refractivity contribution is 5.97. The lowest BCUT2D eigenvalue weighted by atomic mass is 10.2. The van der Waals surface area contributed by atoms with Crippen LogP contribution in [0.1, 0.15) is 31.5 Å². The minimum atomic E-state index is 0.0729. The number of rotatable bonds is 5. The van der Waals surface area contributed by atoms with Crippen molar-refractivity contribution in [2.24, 2.45) is 4.99 Å². The van der Waals surface area contributed by atoms with Gasteiger partial charge in [-0.1, -0.05) is 6.07 Å². The number of fused-ring (bicyclic) bond motifs is 1. The molecule has 1 aromatic heterocycles. The van der Waals surface area contributed by atoms with Crippen LogP contribution in [-0.4, -0.2) is 21.8 Å². The summed E-state index contributed by atoms with van der Waals surface area (Å²) < 4.78 is 5.89. The maximum absolute atomic E-state index is 8.86. The zero-order chi connectivity index (χ0) is 17.1. The van der Waals surface area contributed by atoms with E-state index in [0.29, 0.717) is 24.3 Å². The molecule has 0 saturated heterocycles. The summed E-state index contributed by atoms with van der Waals surface area (Å²) in [6, 6.07) is 8.11. The molecule has 0 fully saturated rings. The number of aryl methyl sites for hydroxylation is 1. The average molecular weight is 321 g/mol. The molecule has 0 radical (unpaired) electrons. The zero-order valence-electron chi connectivity index (χ0n) is 14.0. The smallest absolute Gasteiger partial charge is 0.160 e. The summed E-state index contributed by atoms with van der Waals surface area (Å²) in [5.41, 5.74) is 4.33. The zero-order valence-corrected chi connectivity index (χ0v) is 14.0. The Balaban J connectivity index is 1.94. The molecule has 1 aliphatic rings. The molecule has 1 aliphatic heterocycles. The van der Waals surface area contributed by atoms with Crippen LogP contribution in [0.5, 0.6) is 5.75 Å². The summed E-state index contributed by atoms with van der Waals surface area (Å²) in [4.78, 5) is 13.1. The highest BCUT2D eigenvalue weighted by atomic mass is 16.5. The monoisotopic (exact) mass is 321 g/mol. The average Bonchev–Trinajstić information content (AvgIpc) is 2.93. The van der Waals surface area contributed by atoms with Gasteiger partial charge in [0.1, 0.15) is 17.8 Å². The third-order valence-electron chi connectivity index (χ3n) is 3.58. The maximum atomic E-state index is 8.86. The van der Waals surface area contributed by atoms with E-state index in [0.717, 1.165) is 28.4 Å². The fourth-order valence-electron chi connectivity index (χ4n) is 2.55. The van der Waals surface area contributed by atoms with Crippen LogP contribution < -0.4 is 10.1 Å². The van der Waals surface area contributed by atoms with Gasteiger partial charge in [-0.05, 0) is 38.5 Å². The number of nitrogens with one attached hydrogen (secondary N) is 1. The Kier molecular flexibility index (Phi) is 4.43. The van der Waals surface area contributed by atoms with Gasteiger partial charge in [0.05, 0.1) is 30.0 Å². The molecule has 0 saturated carbocycles. The minimum absolute atomic E-state index is 0.0729. The van der Waals surface area contributed by atoms with E-state index in [9.17, 15) is 0 Å². The van der Waals surface area contributed by atoms with Crippen LogP contribution in [0.4, 0.5) is 17.2 Å². The molecule has 24 heavy (non-hydrogen) atoms. The van der Waals surface area contributed by atoms with E-state index in [-0.39, 0.29) is 6.10 Å². The van der Waals surface area contributed by atoms with Crippen LogP contribution in [0.3, 0.4) is 0 Å². The van der Waals surface area contributed by atoms with Gasteiger partial charge >= 0.3 is 0 Å². The van der Waals surface area contributed by atoms with Gasteiger partial charge in [-0.2, -0.15) is 5.26 Å². The molecule has 2 heterocycles. The fourth-order valence-corrected chi connectivity index (χ4v) is 2.55. The molecule has 1 N–H and O–H groups in total. The first-order chi connectivity index (χ1) is 11.6. The van der Waals surface area contributed by atoms with E-state index in [1.807, 2.05) is 39.0 Å². The van der Waals surface area contributed by atoms with Crippen LogP contribution in [0, 0.1) is 18.3 Å². The van der Waals surface area contributed by atoms with E-state index < -0.39 is 0 Å². The molecule has 0 spiro atoms. The third-order valence-corrected chi connectivity index (χ3v) is 3.58. The molecule has 0 bridgehead atoms. The van der Waals surface area contributed by atoms with E-state index >= 15 is 0 Å². The van der Waals surface area contributed by atoms with Crippen molar-refractivity contribution >= 4 is 22.9 Å². The second-order valence-corrected chi connectivity index (χ2v) is 6.00. The summed E-state index contributed by atoms with van der Waals surface area (Å²) in [6.07, 6.45) is 2.50. The number of hydrogen-bond donors (Lipinski definition) is 1. The molecule has 6 nitrogen and oxygen atoms in total. The number of aromatic nitrogens is 2. The van der Waals surface area contributed by atoms with Crippen molar-refractivity contribution in [2.45, 2.75) is 39.7 Å². The molecule has 0 unspecified atom stereocenters. The van der Waals surface area contributed by atoms with Crippen molar-refractivity contribution in [1.82, 2.24) is 9.97 Å². The van der Waals surface area contributed by atoms with Crippen LogP contribution in [0.25, 0.3) is 0 Å². The third kappa shape index (κ3) is 3.35. The minimum Gasteiger partial charge on any atom is -0.489 e. The van der Waals surface area contributed by atoms with Crippen molar-refractivity contribution in [1.29, 1.82) is 5.26 Å². The second kappa shape index (κ2) is 6.67. The van der Waals surface area contributed by atoms with Crippen LogP contribution >= 0.6 is 0 Å². The standard InChI is InChI=1S/C18H19N5O/c1-11(2)24-16-8-12(3)4-5-14(16)23-18-17-15(20-10-21-18)9-13(22-17)6-7-19/h4-5,8,10-11H,6,9H2,1-3H3,(H,20,21,23). The first-order valence-corrected chi connectivity index (χ1v) is 7.88. The van der Waals surface area contributed by atoms with Crippen molar-refractivity contribution in [2.75, 3.05) is 5.32 Å². The van der Waals surface area contributed by atoms with Crippen LogP contribution in [0.15, 0.2) is 29.5 Å². The quantitative estimate of drug-likeness (QED) is 0.904. The summed E-state index contributed by atoms with van der Waals surface area (Å²) in [6.45, 7) is 6.01. The molecule has 6 heteroatoms. The molecule has 0 aliphatic carbocycles. The van der Waals surface area contributed by atoms with Crippen LogP contribution in [-0.2, 0) is 6.42 Å². The maximum Gasteiger partial charge on any atom is 0.160 e. The first kappa shape index (κ1) is 15.9. The number of hydrogen-bond acceptors (Lipinski definition) is 6. The Hall–Kier alpha value is -2.94. The molecule has 122 valence electrons. The molecular formula is C18H19N5O. The lowest BCUT2D eigenvalue weighted by Crippen LogP contribution is -2.08. The lowest BCUT2D eigenvalue weighted by Gasteiger charge is -2.16. The molecular weight excluding hydrogens is 302 g/mol.